The van der Waals surface area contributed by atoms with Gasteiger partial charge in [0.1, 0.15) is 6.17 Å². The summed E-state index contributed by atoms with van der Waals surface area (Å²) in [4.78, 5) is 2.19. The summed E-state index contributed by atoms with van der Waals surface area (Å²) in [6.07, 6.45) is 6.80. The molecule has 1 atom stereocenters. The molecule has 0 spiro atoms. The first-order chi connectivity index (χ1) is 5.29. The van der Waals surface area contributed by atoms with Crippen molar-refractivity contribution in [2.24, 2.45) is 0 Å². The molecular weight excluding hydrogens is 136 g/mol. The van der Waals surface area contributed by atoms with Gasteiger partial charge in [-0.15, -0.1) is 0 Å². The van der Waals surface area contributed by atoms with Gasteiger partial charge >= 0.3 is 0 Å². The van der Waals surface area contributed by atoms with E-state index in [2.05, 4.69) is 54.0 Å². The van der Waals surface area contributed by atoms with Gasteiger partial charge in [-0.2, -0.15) is 0 Å². The van der Waals surface area contributed by atoms with E-state index in [9.17, 15) is 0 Å². The van der Waals surface area contributed by atoms with Crippen LogP contribution < -0.4 is 0 Å². The van der Waals surface area contributed by atoms with E-state index >= 15 is 0 Å². The van der Waals surface area contributed by atoms with Gasteiger partial charge in [0.2, 0.25) is 0 Å². The van der Waals surface area contributed by atoms with Crippen LogP contribution in [0.3, 0.4) is 0 Å². The van der Waals surface area contributed by atoms with Gasteiger partial charge in [0.25, 0.3) is 0 Å². The Kier molecular flexibility index (Phi) is 1.28. The summed E-state index contributed by atoms with van der Waals surface area (Å²) in [5, 5.41) is 0. The van der Waals surface area contributed by atoms with Crippen molar-refractivity contribution >= 4 is 6.08 Å². The Morgan fingerprint density at radius 2 is 2.27 bits per heavy atom. The lowest BCUT2D eigenvalue weighted by molar-refractivity contribution is 0.263. The Morgan fingerprint density at radius 3 is 3.09 bits per heavy atom. The van der Waals surface area contributed by atoms with Crippen molar-refractivity contribution in [3.05, 3.63) is 30.2 Å². The highest BCUT2D eigenvalue weighted by Gasteiger charge is 2.12. The predicted octanol–water partition coefficient (Wildman–Crippen LogP) is 1.92. The van der Waals surface area contributed by atoms with Gasteiger partial charge in [0.05, 0.1) is 0 Å². The second kappa shape index (κ2) is 2.16. The smallest absolute Gasteiger partial charge is 0.102 e. The molecule has 1 unspecified atom stereocenters. The van der Waals surface area contributed by atoms with Gasteiger partial charge < -0.3 is 9.47 Å². The minimum atomic E-state index is 0.449. The molecule has 58 valence electrons. The van der Waals surface area contributed by atoms with E-state index in [0.717, 1.165) is 0 Å². The highest BCUT2D eigenvalue weighted by Crippen LogP contribution is 2.20. The van der Waals surface area contributed by atoms with E-state index in [1.54, 1.807) is 0 Å². The first-order valence-corrected chi connectivity index (χ1v) is 3.86. The molecule has 0 fully saturated rings. The van der Waals surface area contributed by atoms with E-state index < -0.39 is 0 Å². The van der Waals surface area contributed by atoms with Crippen molar-refractivity contribution in [1.29, 1.82) is 0 Å². The fourth-order valence-corrected chi connectivity index (χ4v) is 1.40. The Morgan fingerprint density at radius 1 is 1.45 bits per heavy atom. The van der Waals surface area contributed by atoms with Crippen LogP contribution >= 0.6 is 0 Å². The molecule has 0 aliphatic carbocycles. The zero-order chi connectivity index (χ0) is 7.84. The van der Waals surface area contributed by atoms with Crippen molar-refractivity contribution in [1.82, 2.24) is 9.47 Å². The summed E-state index contributed by atoms with van der Waals surface area (Å²) in [7, 11) is 2.09. The van der Waals surface area contributed by atoms with Crippen LogP contribution in [0.2, 0.25) is 0 Å². The Hall–Kier alpha value is -1.18. The molecule has 2 nitrogen and oxygen atoms in total. The zero-order valence-corrected chi connectivity index (χ0v) is 6.86. The maximum Gasteiger partial charge on any atom is 0.102 e. The topological polar surface area (TPSA) is 8.17 Å². The number of aromatic nitrogens is 1. The van der Waals surface area contributed by atoms with Crippen LogP contribution in [0.15, 0.2) is 24.5 Å². The zero-order valence-electron chi connectivity index (χ0n) is 6.86. The molecule has 1 aromatic heterocycles. The number of hydrogen-bond acceptors (Lipinski definition) is 1. The van der Waals surface area contributed by atoms with E-state index in [1.165, 1.54) is 5.69 Å². The Balaban J connectivity index is 2.48. The molecule has 1 aliphatic rings. The maximum atomic E-state index is 2.25. The number of rotatable bonds is 0. The molecule has 2 heteroatoms. The SMILES string of the molecule is CC1N(C)C=Cc2cccn21. The predicted molar refractivity (Wildman–Crippen MR) is 45.9 cm³/mol. The summed E-state index contributed by atoms with van der Waals surface area (Å²) in [5.74, 6) is 0. The third-order valence-electron chi connectivity index (χ3n) is 2.28. The van der Waals surface area contributed by atoms with Crippen molar-refractivity contribution in [2.45, 2.75) is 13.1 Å². The van der Waals surface area contributed by atoms with E-state index in [4.69, 9.17) is 0 Å². The van der Waals surface area contributed by atoms with Gasteiger partial charge in [-0.1, -0.05) is 0 Å². The number of fused-ring (bicyclic) bond motifs is 1. The average molecular weight is 148 g/mol. The molecule has 0 saturated heterocycles. The first-order valence-electron chi connectivity index (χ1n) is 3.86. The highest BCUT2D eigenvalue weighted by atomic mass is 15.3. The van der Waals surface area contributed by atoms with Gasteiger partial charge in [-0.3, -0.25) is 0 Å². The standard InChI is InChI=1S/C9H12N2/c1-8-10(2)7-5-9-4-3-6-11(8)9/h3-8H,1-2H3. The molecule has 0 aromatic carbocycles. The molecule has 0 radical (unpaired) electrons. The number of hydrogen-bond donors (Lipinski definition) is 0. The van der Waals surface area contributed by atoms with Gasteiger partial charge in [0.15, 0.2) is 0 Å². The molecule has 0 N–H and O–H groups in total. The van der Waals surface area contributed by atoms with Crippen molar-refractivity contribution in [3.63, 3.8) is 0 Å². The second-order valence-corrected chi connectivity index (χ2v) is 2.95. The average Bonchev–Trinajstić information content (AvgIpc) is 2.45. The fraction of sp³-hybridized carbons (Fsp3) is 0.333. The maximum absolute atomic E-state index is 2.25. The summed E-state index contributed by atoms with van der Waals surface area (Å²) in [5.41, 5.74) is 1.29. The number of nitrogens with zero attached hydrogens (tertiary/aromatic N) is 2. The van der Waals surface area contributed by atoms with Crippen LogP contribution in [0.25, 0.3) is 6.08 Å². The lowest BCUT2D eigenvalue weighted by Gasteiger charge is -2.29. The van der Waals surface area contributed by atoms with Crippen LogP contribution in [0.1, 0.15) is 18.8 Å². The highest BCUT2D eigenvalue weighted by molar-refractivity contribution is 5.46. The van der Waals surface area contributed by atoms with Crippen molar-refractivity contribution in [3.8, 4) is 0 Å². The molecule has 0 saturated carbocycles. The van der Waals surface area contributed by atoms with Gasteiger partial charge in [-0.25, -0.2) is 0 Å². The fourth-order valence-electron chi connectivity index (χ4n) is 1.40. The summed E-state index contributed by atoms with van der Waals surface area (Å²) < 4.78 is 2.25. The molecule has 2 heterocycles. The Bertz CT molecular complexity index is 286. The molecule has 1 aromatic rings. The largest absolute Gasteiger partial charge is 0.360 e. The van der Waals surface area contributed by atoms with Gasteiger partial charge in [-0.05, 0) is 25.1 Å². The normalized spacial score (nSPS) is 22.0. The summed E-state index contributed by atoms with van der Waals surface area (Å²) >= 11 is 0. The summed E-state index contributed by atoms with van der Waals surface area (Å²) in [6.45, 7) is 2.19. The third-order valence-corrected chi connectivity index (χ3v) is 2.28. The van der Waals surface area contributed by atoms with Crippen LogP contribution in [-0.2, 0) is 0 Å². The monoisotopic (exact) mass is 148 g/mol. The van der Waals surface area contributed by atoms with Crippen LogP contribution in [0.5, 0.6) is 0 Å². The van der Waals surface area contributed by atoms with Crippen LogP contribution in [0, 0.1) is 0 Å². The van der Waals surface area contributed by atoms with E-state index in [1.807, 2.05) is 0 Å². The van der Waals surface area contributed by atoms with E-state index in [-0.39, 0.29) is 0 Å². The van der Waals surface area contributed by atoms with Crippen molar-refractivity contribution in [2.75, 3.05) is 7.05 Å². The third kappa shape index (κ3) is 0.862. The lowest BCUT2D eigenvalue weighted by Crippen LogP contribution is -2.24. The minimum absolute atomic E-state index is 0.449. The lowest BCUT2D eigenvalue weighted by atomic mass is 10.3. The molecule has 11 heavy (non-hydrogen) atoms. The van der Waals surface area contributed by atoms with Crippen LogP contribution in [-0.4, -0.2) is 16.5 Å². The minimum Gasteiger partial charge on any atom is -0.360 e. The Labute approximate surface area is 66.7 Å². The molecule has 2 rings (SSSR count). The molecular formula is C9H12N2. The molecule has 0 amide bonds. The van der Waals surface area contributed by atoms with Gasteiger partial charge in [0, 0.05) is 25.1 Å². The van der Waals surface area contributed by atoms with Crippen LogP contribution in [0.4, 0.5) is 0 Å². The molecule has 0 bridgehead atoms. The second-order valence-electron chi connectivity index (χ2n) is 2.95. The summed E-state index contributed by atoms with van der Waals surface area (Å²) in [6, 6.07) is 4.20. The van der Waals surface area contributed by atoms with E-state index in [0.29, 0.717) is 6.17 Å². The van der Waals surface area contributed by atoms with Crippen molar-refractivity contribution < 1.29 is 0 Å². The molecule has 1 aliphatic heterocycles. The first kappa shape index (κ1) is 6.53. The quantitative estimate of drug-likeness (QED) is 0.545.